The number of nitrogens with one attached hydrogen (secondary N) is 1. The van der Waals surface area contributed by atoms with Crippen molar-refractivity contribution in [2.24, 2.45) is 0 Å². The van der Waals surface area contributed by atoms with E-state index >= 15 is 0 Å². The Hall–Kier alpha value is -2.00. The second-order valence-corrected chi connectivity index (χ2v) is 8.29. The lowest BCUT2D eigenvalue weighted by atomic mass is 9.88. The number of likely N-dealkylation sites (N-methyl/N-ethyl adjacent to an activating group) is 2. The molecule has 2 heterocycles. The van der Waals surface area contributed by atoms with Crippen LogP contribution in [0.5, 0.6) is 0 Å². The molecule has 2 saturated heterocycles. The summed E-state index contributed by atoms with van der Waals surface area (Å²) in [6.45, 7) is 3.06. The van der Waals surface area contributed by atoms with Crippen molar-refractivity contribution in [2.45, 2.75) is 50.1 Å². The maximum atomic E-state index is 12.8. The van der Waals surface area contributed by atoms with Crippen molar-refractivity contribution < 1.29 is 19.5 Å². The van der Waals surface area contributed by atoms with Gasteiger partial charge in [0, 0.05) is 26.7 Å². The van der Waals surface area contributed by atoms with Crippen LogP contribution in [0.2, 0.25) is 0 Å². The van der Waals surface area contributed by atoms with Crippen LogP contribution in [0, 0.1) is 0 Å². The van der Waals surface area contributed by atoms with Gasteiger partial charge in [-0.05, 0) is 32.4 Å². The molecule has 29 heavy (non-hydrogen) atoms. The van der Waals surface area contributed by atoms with Gasteiger partial charge in [0.15, 0.2) is 0 Å². The topological polar surface area (TPSA) is 85.4 Å². The smallest absolute Gasteiger partial charge is 0.268 e. The standard InChI is InChI=1S/C21H32N4O4/c1-15(26)18(19(27)23(2)3)22-12-17-10-11-21(24(17)4)14-25(20(21)28)29-13-16-8-6-5-7-9-16/h5-9,15,17-18,22,26H,10-14H2,1-4H3/t15-,17?,18+,21?/m1/s1. The molecule has 0 aliphatic carbocycles. The SMILES string of the molecule is C[C@@H](O)[C@H](NCC1CCC2(CN(OCc3ccccc3)C2=O)N1C)C(=O)N(C)C. The molecule has 2 aliphatic heterocycles. The molecule has 160 valence electrons. The fourth-order valence-electron chi connectivity index (χ4n) is 4.17. The van der Waals surface area contributed by atoms with E-state index in [2.05, 4.69) is 10.2 Å². The number of carbonyl (C=O) groups excluding carboxylic acids is 2. The number of rotatable bonds is 8. The summed E-state index contributed by atoms with van der Waals surface area (Å²) < 4.78 is 0. The predicted octanol–water partition coefficient (Wildman–Crippen LogP) is 0.221. The zero-order valence-corrected chi connectivity index (χ0v) is 17.7. The van der Waals surface area contributed by atoms with Crippen molar-refractivity contribution in [2.75, 3.05) is 34.2 Å². The third kappa shape index (κ3) is 4.30. The van der Waals surface area contributed by atoms with Gasteiger partial charge >= 0.3 is 0 Å². The minimum absolute atomic E-state index is 0.00475. The summed E-state index contributed by atoms with van der Waals surface area (Å²) in [7, 11) is 5.30. The molecular formula is C21H32N4O4. The highest BCUT2D eigenvalue weighted by Gasteiger charge is 2.60. The first kappa shape index (κ1) is 21.7. The van der Waals surface area contributed by atoms with Gasteiger partial charge < -0.3 is 15.3 Å². The number of aliphatic hydroxyl groups excluding tert-OH is 1. The van der Waals surface area contributed by atoms with Crippen molar-refractivity contribution in [3.8, 4) is 0 Å². The van der Waals surface area contributed by atoms with Crippen LogP contribution >= 0.6 is 0 Å². The molecule has 8 heteroatoms. The van der Waals surface area contributed by atoms with E-state index < -0.39 is 17.7 Å². The molecule has 2 fully saturated rings. The van der Waals surface area contributed by atoms with Crippen molar-refractivity contribution in [3.63, 3.8) is 0 Å². The van der Waals surface area contributed by atoms with E-state index in [1.165, 1.54) is 9.96 Å². The lowest BCUT2D eigenvalue weighted by molar-refractivity contribution is -0.242. The van der Waals surface area contributed by atoms with E-state index in [-0.39, 0.29) is 17.9 Å². The largest absolute Gasteiger partial charge is 0.391 e. The van der Waals surface area contributed by atoms with Crippen molar-refractivity contribution >= 4 is 11.8 Å². The van der Waals surface area contributed by atoms with E-state index in [0.717, 1.165) is 18.4 Å². The number of nitrogens with zero attached hydrogens (tertiary/aromatic N) is 3. The number of benzene rings is 1. The summed E-state index contributed by atoms with van der Waals surface area (Å²) in [4.78, 5) is 34.4. The Kier molecular flexibility index (Phi) is 6.58. The van der Waals surface area contributed by atoms with Crippen LogP contribution in [-0.4, -0.2) is 89.7 Å². The molecule has 0 aromatic heterocycles. The molecule has 2 aliphatic rings. The van der Waals surface area contributed by atoms with E-state index in [9.17, 15) is 14.7 Å². The summed E-state index contributed by atoms with van der Waals surface area (Å²) in [5.74, 6) is -0.162. The van der Waals surface area contributed by atoms with Gasteiger partial charge in [-0.15, -0.1) is 0 Å². The molecule has 1 aromatic carbocycles. The number of carbonyl (C=O) groups is 2. The number of hydrogen-bond donors (Lipinski definition) is 2. The maximum absolute atomic E-state index is 12.8. The van der Waals surface area contributed by atoms with Gasteiger partial charge in [-0.2, -0.15) is 0 Å². The second kappa shape index (κ2) is 8.79. The predicted molar refractivity (Wildman–Crippen MR) is 109 cm³/mol. The van der Waals surface area contributed by atoms with Crippen molar-refractivity contribution in [1.29, 1.82) is 0 Å². The molecule has 0 radical (unpaired) electrons. The summed E-state index contributed by atoms with van der Waals surface area (Å²) >= 11 is 0. The average Bonchev–Trinajstić information content (AvgIpc) is 3.03. The Labute approximate surface area is 172 Å². The Balaban J connectivity index is 1.52. The Morgan fingerprint density at radius 1 is 1.38 bits per heavy atom. The van der Waals surface area contributed by atoms with Gasteiger partial charge in [0.2, 0.25) is 5.91 Å². The third-order valence-corrected chi connectivity index (χ3v) is 6.14. The van der Waals surface area contributed by atoms with Gasteiger partial charge in [0.25, 0.3) is 5.91 Å². The van der Waals surface area contributed by atoms with E-state index in [1.54, 1.807) is 21.0 Å². The molecule has 0 bridgehead atoms. The normalized spacial score (nSPS) is 26.4. The molecule has 0 saturated carbocycles. The molecule has 1 aromatic rings. The Morgan fingerprint density at radius 2 is 2.07 bits per heavy atom. The Morgan fingerprint density at radius 3 is 2.66 bits per heavy atom. The van der Waals surface area contributed by atoms with Crippen LogP contribution in [0.25, 0.3) is 0 Å². The van der Waals surface area contributed by atoms with Crippen molar-refractivity contribution in [3.05, 3.63) is 35.9 Å². The first-order valence-electron chi connectivity index (χ1n) is 10.1. The zero-order chi connectivity index (χ0) is 21.2. The highest BCUT2D eigenvalue weighted by atomic mass is 16.7. The fraction of sp³-hybridized carbons (Fsp3) is 0.619. The molecule has 2 N–H and O–H groups in total. The van der Waals surface area contributed by atoms with Gasteiger partial charge in [0.1, 0.15) is 18.2 Å². The number of hydroxylamine groups is 2. The zero-order valence-electron chi connectivity index (χ0n) is 17.7. The summed E-state index contributed by atoms with van der Waals surface area (Å²) in [5.41, 5.74) is 0.507. The van der Waals surface area contributed by atoms with Gasteiger partial charge in [-0.1, -0.05) is 30.3 Å². The minimum atomic E-state index is -0.794. The number of amides is 2. The van der Waals surface area contributed by atoms with Gasteiger partial charge in [-0.3, -0.25) is 19.3 Å². The van der Waals surface area contributed by atoms with Crippen LogP contribution in [0.4, 0.5) is 0 Å². The van der Waals surface area contributed by atoms with Crippen LogP contribution in [0.3, 0.4) is 0 Å². The molecule has 2 amide bonds. The minimum Gasteiger partial charge on any atom is -0.391 e. The number of β-lactam (4-membered cyclic amide) rings is 1. The number of likely N-dealkylation sites (tertiary alicyclic amines) is 1. The summed E-state index contributed by atoms with van der Waals surface area (Å²) in [6, 6.07) is 9.24. The molecular weight excluding hydrogens is 372 g/mol. The fourth-order valence-corrected chi connectivity index (χ4v) is 4.17. The van der Waals surface area contributed by atoms with Crippen LogP contribution in [0.1, 0.15) is 25.3 Å². The average molecular weight is 405 g/mol. The quantitative estimate of drug-likeness (QED) is 0.603. The first-order chi connectivity index (χ1) is 13.8. The molecule has 4 atom stereocenters. The van der Waals surface area contributed by atoms with E-state index in [0.29, 0.717) is 19.7 Å². The van der Waals surface area contributed by atoms with E-state index in [1.807, 2.05) is 37.4 Å². The summed E-state index contributed by atoms with van der Waals surface area (Å²) in [5, 5.41) is 14.6. The van der Waals surface area contributed by atoms with Crippen LogP contribution < -0.4 is 5.32 Å². The van der Waals surface area contributed by atoms with Crippen LogP contribution in [-0.2, 0) is 21.0 Å². The molecule has 1 spiro atoms. The highest BCUT2D eigenvalue weighted by Crippen LogP contribution is 2.41. The Bertz CT molecular complexity index is 727. The molecule has 2 unspecified atom stereocenters. The van der Waals surface area contributed by atoms with Crippen LogP contribution in [0.15, 0.2) is 30.3 Å². The second-order valence-electron chi connectivity index (χ2n) is 8.29. The van der Waals surface area contributed by atoms with Crippen molar-refractivity contribution in [1.82, 2.24) is 20.2 Å². The molecule has 3 rings (SSSR count). The lowest BCUT2D eigenvalue weighted by Crippen LogP contribution is -2.72. The molecule has 8 nitrogen and oxygen atoms in total. The van der Waals surface area contributed by atoms with Gasteiger partial charge in [0.05, 0.1) is 12.6 Å². The summed E-state index contributed by atoms with van der Waals surface area (Å²) in [6.07, 6.45) is 0.823. The van der Waals surface area contributed by atoms with E-state index in [4.69, 9.17) is 4.84 Å². The highest BCUT2D eigenvalue weighted by molar-refractivity contribution is 5.92. The number of aliphatic hydroxyl groups is 1. The monoisotopic (exact) mass is 404 g/mol. The first-order valence-corrected chi connectivity index (χ1v) is 10.1. The third-order valence-electron chi connectivity index (χ3n) is 6.14. The maximum Gasteiger partial charge on any atom is 0.268 e. The lowest BCUT2D eigenvalue weighted by Gasteiger charge is -2.49. The van der Waals surface area contributed by atoms with Gasteiger partial charge in [-0.25, -0.2) is 5.06 Å². The number of hydrogen-bond acceptors (Lipinski definition) is 6.